The Morgan fingerprint density at radius 3 is 2.93 bits per heavy atom. The van der Waals surface area contributed by atoms with Gasteiger partial charge >= 0.3 is 0 Å². The molecule has 1 N–H and O–H groups in total. The zero-order chi connectivity index (χ0) is 10.4. The Morgan fingerprint density at radius 2 is 2.29 bits per heavy atom. The maximum absolute atomic E-state index is 11.3. The van der Waals surface area contributed by atoms with Crippen molar-refractivity contribution in [2.45, 2.75) is 45.1 Å². The molecule has 3 nitrogen and oxygen atoms in total. The highest BCUT2D eigenvalue weighted by Crippen LogP contribution is 2.19. The van der Waals surface area contributed by atoms with Crippen molar-refractivity contribution in [3.05, 3.63) is 0 Å². The Kier molecular flexibility index (Phi) is 5.12. The molecular formula is C11H21NO2. The lowest BCUT2D eigenvalue weighted by Crippen LogP contribution is -2.42. The van der Waals surface area contributed by atoms with Crippen LogP contribution >= 0.6 is 0 Å². The van der Waals surface area contributed by atoms with Gasteiger partial charge in [-0.15, -0.1) is 0 Å². The van der Waals surface area contributed by atoms with Crippen LogP contribution in [0.1, 0.15) is 39.0 Å². The third-order valence-corrected chi connectivity index (χ3v) is 2.99. The van der Waals surface area contributed by atoms with Gasteiger partial charge in [0.25, 0.3) is 0 Å². The number of aliphatic hydroxyl groups excluding tert-OH is 1. The summed E-state index contributed by atoms with van der Waals surface area (Å²) in [4.78, 5) is 13.6. The molecule has 82 valence electrons. The largest absolute Gasteiger partial charge is 0.396 e. The van der Waals surface area contributed by atoms with Gasteiger partial charge in [0, 0.05) is 19.1 Å². The standard InChI is InChI=1S/C11H21NO2/c1-2-11(14)9-12-7-4-3-5-10(12)6-8-13/h10,13H,2-9H2,1H3. The fraction of sp³-hybridized carbons (Fsp3) is 0.909. The van der Waals surface area contributed by atoms with Gasteiger partial charge < -0.3 is 5.11 Å². The van der Waals surface area contributed by atoms with E-state index in [0.29, 0.717) is 24.8 Å². The summed E-state index contributed by atoms with van der Waals surface area (Å²) >= 11 is 0. The predicted molar refractivity (Wildman–Crippen MR) is 56.2 cm³/mol. The SMILES string of the molecule is CCC(=O)CN1CCCCC1CCO. The van der Waals surface area contributed by atoms with Crippen LogP contribution in [0.3, 0.4) is 0 Å². The topological polar surface area (TPSA) is 40.5 Å². The Balaban J connectivity index is 2.41. The van der Waals surface area contributed by atoms with Gasteiger partial charge in [-0.25, -0.2) is 0 Å². The molecule has 0 amide bonds. The summed E-state index contributed by atoms with van der Waals surface area (Å²) in [6.07, 6.45) is 5.01. The highest BCUT2D eigenvalue weighted by molar-refractivity contribution is 5.80. The average molecular weight is 199 g/mol. The number of hydrogen-bond acceptors (Lipinski definition) is 3. The second-order valence-corrected chi connectivity index (χ2v) is 4.02. The number of hydrogen-bond donors (Lipinski definition) is 1. The Morgan fingerprint density at radius 1 is 1.50 bits per heavy atom. The summed E-state index contributed by atoms with van der Waals surface area (Å²) in [7, 11) is 0. The molecule has 1 unspecified atom stereocenters. The summed E-state index contributed by atoms with van der Waals surface area (Å²) in [5.41, 5.74) is 0. The van der Waals surface area contributed by atoms with Crippen molar-refractivity contribution < 1.29 is 9.90 Å². The molecule has 1 heterocycles. The van der Waals surface area contributed by atoms with E-state index in [9.17, 15) is 4.79 Å². The van der Waals surface area contributed by atoms with Crippen molar-refractivity contribution in [1.29, 1.82) is 0 Å². The van der Waals surface area contributed by atoms with Gasteiger partial charge in [0.15, 0.2) is 0 Å². The molecule has 0 aliphatic carbocycles. The monoisotopic (exact) mass is 199 g/mol. The highest BCUT2D eigenvalue weighted by Gasteiger charge is 2.22. The summed E-state index contributed by atoms with van der Waals surface area (Å²) in [6, 6.07) is 0.434. The van der Waals surface area contributed by atoms with E-state index in [1.54, 1.807) is 0 Å². The quantitative estimate of drug-likeness (QED) is 0.723. The molecule has 0 saturated carbocycles. The van der Waals surface area contributed by atoms with E-state index in [1.807, 2.05) is 6.92 Å². The van der Waals surface area contributed by atoms with Crippen LogP contribution in [0.4, 0.5) is 0 Å². The van der Waals surface area contributed by atoms with E-state index in [-0.39, 0.29) is 6.61 Å². The molecule has 1 rings (SSSR count). The average Bonchev–Trinajstić information content (AvgIpc) is 2.21. The van der Waals surface area contributed by atoms with Crippen LogP contribution in [0.25, 0.3) is 0 Å². The van der Waals surface area contributed by atoms with Gasteiger partial charge in [-0.3, -0.25) is 9.69 Å². The van der Waals surface area contributed by atoms with Crippen molar-refractivity contribution in [2.24, 2.45) is 0 Å². The molecule has 0 aromatic rings. The molecule has 1 atom stereocenters. The molecule has 1 aliphatic rings. The number of aliphatic hydroxyl groups is 1. The van der Waals surface area contributed by atoms with Crippen LogP contribution in [0.5, 0.6) is 0 Å². The molecule has 1 saturated heterocycles. The number of likely N-dealkylation sites (tertiary alicyclic amines) is 1. The smallest absolute Gasteiger partial charge is 0.146 e. The molecule has 0 aromatic heterocycles. The minimum absolute atomic E-state index is 0.238. The lowest BCUT2D eigenvalue weighted by atomic mass is 9.99. The molecule has 0 spiro atoms. The number of piperidine rings is 1. The molecule has 0 bridgehead atoms. The molecule has 0 radical (unpaired) electrons. The maximum Gasteiger partial charge on any atom is 0.146 e. The molecule has 3 heteroatoms. The van der Waals surface area contributed by atoms with Crippen LogP contribution in [0.2, 0.25) is 0 Å². The second kappa shape index (κ2) is 6.14. The minimum Gasteiger partial charge on any atom is -0.396 e. The lowest BCUT2D eigenvalue weighted by Gasteiger charge is -2.34. The van der Waals surface area contributed by atoms with Crippen LogP contribution in [0, 0.1) is 0 Å². The van der Waals surface area contributed by atoms with Gasteiger partial charge in [-0.1, -0.05) is 13.3 Å². The van der Waals surface area contributed by atoms with E-state index < -0.39 is 0 Å². The Bertz CT molecular complexity index is 180. The Labute approximate surface area is 86.1 Å². The van der Waals surface area contributed by atoms with Gasteiger partial charge in [0.2, 0.25) is 0 Å². The van der Waals surface area contributed by atoms with Crippen molar-refractivity contribution in [2.75, 3.05) is 19.7 Å². The van der Waals surface area contributed by atoms with Crippen LogP contribution in [0.15, 0.2) is 0 Å². The van der Waals surface area contributed by atoms with E-state index in [4.69, 9.17) is 5.11 Å². The fourth-order valence-corrected chi connectivity index (χ4v) is 2.08. The third-order valence-electron chi connectivity index (χ3n) is 2.99. The van der Waals surface area contributed by atoms with Gasteiger partial charge in [0.05, 0.1) is 6.54 Å². The van der Waals surface area contributed by atoms with Crippen LogP contribution < -0.4 is 0 Å². The van der Waals surface area contributed by atoms with Crippen molar-refractivity contribution >= 4 is 5.78 Å². The van der Waals surface area contributed by atoms with Crippen LogP contribution in [-0.4, -0.2) is 41.5 Å². The summed E-state index contributed by atoms with van der Waals surface area (Å²) in [5.74, 6) is 0.315. The predicted octanol–water partition coefficient (Wildman–Crippen LogP) is 1.20. The number of carbonyl (C=O) groups excluding carboxylic acids is 1. The first-order chi connectivity index (χ1) is 6.77. The highest BCUT2D eigenvalue weighted by atomic mass is 16.3. The number of rotatable bonds is 5. The Hall–Kier alpha value is -0.410. The summed E-state index contributed by atoms with van der Waals surface area (Å²) in [6.45, 7) is 3.76. The second-order valence-electron chi connectivity index (χ2n) is 4.02. The van der Waals surface area contributed by atoms with Crippen molar-refractivity contribution in [1.82, 2.24) is 4.90 Å². The molecule has 0 aromatic carbocycles. The summed E-state index contributed by atoms with van der Waals surface area (Å²) < 4.78 is 0. The van der Waals surface area contributed by atoms with E-state index in [1.165, 1.54) is 12.8 Å². The molecule has 14 heavy (non-hydrogen) atoms. The minimum atomic E-state index is 0.238. The third kappa shape index (κ3) is 3.39. The van der Waals surface area contributed by atoms with E-state index in [0.717, 1.165) is 19.4 Å². The molecule has 1 fully saturated rings. The first-order valence-electron chi connectivity index (χ1n) is 5.64. The zero-order valence-corrected chi connectivity index (χ0v) is 9.04. The van der Waals surface area contributed by atoms with Crippen LogP contribution in [-0.2, 0) is 4.79 Å². The maximum atomic E-state index is 11.3. The normalized spacial score (nSPS) is 23.7. The number of carbonyl (C=O) groups is 1. The van der Waals surface area contributed by atoms with Crippen molar-refractivity contribution in [3.63, 3.8) is 0 Å². The van der Waals surface area contributed by atoms with E-state index in [2.05, 4.69) is 4.90 Å². The number of ketones is 1. The molecular weight excluding hydrogens is 178 g/mol. The summed E-state index contributed by atoms with van der Waals surface area (Å²) in [5, 5.41) is 8.92. The van der Waals surface area contributed by atoms with Gasteiger partial charge in [-0.2, -0.15) is 0 Å². The lowest BCUT2D eigenvalue weighted by molar-refractivity contribution is -0.120. The van der Waals surface area contributed by atoms with Gasteiger partial charge in [0.1, 0.15) is 5.78 Å². The number of nitrogens with zero attached hydrogens (tertiary/aromatic N) is 1. The number of Topliss-reactive ketones (excluding diaryl/α,β-unsaturated/α-hetero) is 1. The van der Waals surface area contributed by atoms with E-state index >= 15 is 0 Å². The first kappa shape index (κ1) is 11.7. The first-order valence-corrected chi connectivity index (χ1v) is 5.64. The van der Waals surface area contributed by atoms with Crippen molar-refractivity contribution in [3.8, 4) is 0 Å². The molecule has 1 aliphatic heterocycles. The zero-order valence-electron chi connectivity index (χ0n) is 9.04. The fourth-order valence-electron chi connectivity index (χ4n) is 2.08. The van der Waals surface area contributed by atoms with Gasteiger partial charge in [-0.05, 0) is 25.8 Å².